The lowest BCUT2D eigenvalue weighted by atomic mass is 10.1. The zero-order valence-electron chi connectivity index (χ0n) is 11.2. The van der Waals surface area contributed by atoms with Crippen molar-refractivity contribution < 1.29 is 9.32 Å². The van der Waals surface area contributed by atoms with E-state index in [2.05, 4.69) is 10.5 Å². The minimum Gasteiger partial charge on any atom is -0.361 e. The normalized spacial score (nSPS) is 10.6. The standard InChI is InChI=1S/C14H14Cl2N2O2/c1-3-12-13(8(2)20-18-12)14(19)17-7-9-4-5-10(15)6-11(9)16/h4-6H,3,7H2,1-2H3,(H,17,19). The van der Waals surface area contributed by atoms with Crippen molar-refractivity contribution in [1.29, 1.82) is 0 Å². The summed E-state index contributed by atoms with van der Waals surface area (Å²) in [5, 5.41) is 7.76. The van der Waals surface area contributed by atoms with Crippen LogP contribution in [0.25, 0.3) is 0 Å². The quantitative estimate of drug-likeness (QED) is 0.934. The molecular weight excluding hydrogens is 299 g/mol. The lowest BCUT2D eigenvalue weighted by molar-refractivity contribution is 0.0948. The largest absolute Gasteiger partial charge is 0.361 e. The smallest absolute Gasteiger partial charge is 0.257 e. The van der Waals surface area contributed by atoms with Crippen LogP contribution in [-0.2, 0) is 13.0 Å². The van der Waals surface area contributed by atoms with Gasteiger partial charge in [-0.1, -0.05) is 41.3 Å². The second kappa shape index (κ2) is 6.29. The molecule has 2 aromatic rings. The minimum atomic E-state index is -0.216. The van der Waals surface area contributed by atoms with Gasteiger partial charge in [-0.25, -0.2) is 0 Å². The van der Waals surface area contributed by atoms with Crippen molar-refractivity contribution in [3.8, 4) is 0 Å². The van der Waals surface area contributed by atoms with Gasteiger partial charge in [-0.05, 0) is 31.0 Å². The van der Waals surface area contributed by atoms with Crippen molar-refractivity contribution in [2.24, 2.45) is 0 Å². The molecule has 4 nitrogen and oxygen atoms in total. The van der Waals surface area contributed by atoms with Crippen molar-refractivity contribution in [1.82, 2.24) is 10.5 Å². The van der Waals surface area contributed by atoms with Crippen LogP contribution in [0.15, 0.2) is 22.7 Å². The van der Waals surface area contributed by atoms with E-state index in [9.17, 15) is 4.79 Å². The second-order valence-corrected chi connectivity index (χ2v) is 5.18. The van der Waals surface area contributed by atoms with Crippen LogP contribution in [0, 0.1) is 6.92 Å². The number of amides is 1. The third kappa shape index (κ3) is 3.14. The van der Waals surface area contributed by atoms with Crippen LogP contribution in [0.4, 0.5) is 0 Å². The number of carbonyl (C=O) groups is 1. The zero-order valence-corrected chi connectivity index (χ0v) is 12.7. The molecule has 20 heavy (non-hydrogen) atoms. The summed E-state index contributed by atoms with van der Waals surface area (Å²) in [5.41, 5.74) is 1.95. The van der Waals surface area contributed by atoms with Crippen molar-refractivity contribution >= 4 is 29.1 Å². The fraction of sp³-hybridized carbons (Fsp3) is 0.286. The molecule has 0 spiro atoms. The fourth-order valence-electron chi connectivity index (χ4n) is 1.88. The minimum absolute atomic E-state index is 0.216. The van der Waals surface area contributed by atoms with Crippen molar-refractivity contribution in [2.45, 2.75) is 26.8 Å². The van der Waals surface area contributed by atoms with E-state index in [4.69, 9.17) is 27.7 Å². The summed E-state index contributed by atoms with van der Waals surface area (Å²) in [6, 6.07) is 5.16. The molecule has 1 heterocycles. The van der Waals surface area contributed by atoms with Crippen LogP contribution in [0.2, 0.25) is 10.0 Å². The first-order valence-corrected chi connectivity index (χ1v) is 6.95. The Bertz CT molecular complexity index is 638. The maximum absolute atomic E-state index is 12.2. The Morgan fingerprint density at radius 2 is 2.15 bits per heavy atom. The SMILES string of the molecule is CCc1noc(C)c1C(=O)NCc1ccc(Cl)cc1Cl. The number of rotatable bonds is 4. The Hall–Kier alpha value is -1.52. The van der Waals surface area contributed by atoms with Crippen LogP contribution in [0.3, 0.4) is 0 Å². The summed E-state index contributed by atoms with van der Waals surface area (Å²) in [5.74, 6) is 0.299. The fourth-order valence-corrected chi connectivity index (χ4v) is 2.35. The summed E-state index contributed by atoms with van der Waals surface area (Å²) in [6.07, 6.45) is 0.641. The Labute approximate surface area is 127 Å². The van der Waals surface area contributed by atoms with Crippen LogP contribution >= 0.6 is 23.2 Å². The maximum Gasteiger partial charge on any atom is 0.257 e. The Kier molecular flexibility index (Phi) is 4.68. The molecule has 106 valence electrons. The van der Waals surface area contributed by atoms with Gasteiger partial charge in [-0.3, -0.25) is 4.79 Å². The Morgan fingerprint density at radius 3 is 2.80 bits per heavy atom. The average Bonchev–Trinajstić information content (AvgIpc) is 2.78. The van der Waals surface area contributed by atoms with Crippen LogP contribution in [-0.4, -0.2) is 11.1 Å². The van der Waals surface area contributed by atoms with Gasteiger partial charge in [0.1, 0.15) is 11.3 Å². The molecule has 0 aliphatic carbocycles. The third-order valence-corrected chi connectivity index (χ3v) is 3.54. The van der Waals surface area contributed by atoms with E-state index in [0.717, 1.165) is 5.56 Å². The first-order chi connectivity index (χ1) is 9.52. The summed E-state index contributed by atoms with van der Waals surface area (Å²) in [6.45, 7) is 3.96. The number of nitrogens with zero attached hydrogens (tertiary/aromatic N) is 1. The van der Waals surface area contributed by atoms with Crippen molar-refractivity contribution in [3.05, 3.63) is 50.8 Å². The number of nitrogens with one attached hydrogen (secondary N) is 1. The monoisotopic (exact) mass is 312 g/mol. The number of halogens is 2. The molecule has 0 bridgehead atoms. The van der Waals surface area contributed by atoms with Gasteiger partial charge in [0.15, 0.2) is 0 Å². The molecule has 1 aromatic heterocycles. The molecule has 2 rings (SSSR count). The highest BCUT2D eigenvalue weighted by atomic mass is 35.5. The van der Waals surface area contributed by atoms with E-state index in [1.165, 1.54) is 0 Å². The number of hydrogen-bond donors (Lipinski definition) is 1. The van der Waals surface area contributed by atoms with E-state index < -0.39 is 0 Å². The average molecular weight is 313 g/mol. The highest BCUT2D eigenvalue weighted by molar-refractivity contribution is 6.35. The lowest BCUT2D eigenvalue weighted by Crippen LogP contribution is -2.24. The summed E-state index contributed by atoms with van der Waals surface area (Å²) < 4.78 is 5.04. The summed E-state index contributed by atoms with van der Waals surface area (Å²) >= 11 is 11.9. The van der Waals surface area contributed by atoms with E-state index in [0.29, 0.717) is 40.0 Å². The highest BCUT2D eigenvalue weighted by Gasteiger charge is 2.18. The first-order valence-electron chi connectivity index (χ1n) is 6.20. The Morgan fingerprint density at radius 1 is 1.40 bits per heavy atom. The molecule has 0 saturated carbocycles. The van der Waals surface area contributed by atoms with Crippen LogP contribution in [0.1, 0.15) is 34.3 Å². The van der Waals surface area contributed by atoms with Gasteiger partial charge < -0.3 is 9.84 Å². The number of carbonyl (C=O) groups excluding carboxylic acids is 1. The van der Waals surface area contributed by atoms with E-state index >= 15 is 0 Å². The van der Waals surface area contributed by atoms with Crippen LogP contribution in [0.5, 0.6) is 0 Å². The van der Waals surface area contributed by atoms with Gasteiger partial charge in [0, 0.05) is 16.6 Å². The molecule has 0 aliphatic rings. The van der Waals surface area contributed by atoms with Crippen molar-refractivity contribution in [2.75, 3.05) is 0 Å². The number of hydrogen-bond acceptors (Lipinski definition) is 3. The Balaban J connectivity index is 2.10. The molecule has 1 amide bonds. The van der Waals surface area contributed by atoms with Crippen molar-refractivity contribution in [3.63, 3.8) is 0 Å². The molecular formula is C14H14Cl2N2O2. The predicted octanol–water partition coefficient (Wildman–Crippen LogP) is 3.78. The van der Waals surface area contributed by atoms with E-state index in [-0.39, 0.29) is 5.91 Å². The molecule has 6 heteroatoms. The molecule has 0 unspecified atom stereocenters. The lowest BCUT2D eigenvalue weighted by Gasteiger charge is -2.07. The van der Waals surface area contributed by atoms with Gasteiger partial charge in [-0.15, -0.1) is 0 Å². The zero-order chi connectivity index (χ0) is 14.7. The number of benzene rings is 1. The molecule has 0 fully saturated rings. The maximum atomic E-state index is 12.2. The molecule has 0 aliphatic heterocycles. The molecule has 1 N–H and O–H groups in total. The van der Waals surface area contributed by atoms with Gasteiger partial charge in [0.2, 0.25) is 0 Å². The molecule has 1 aromatic carbocycles. The number of aryl methyl sites for hydroxylation is 2. The predicted molar refractivity (Wildman–Crippen MR) is 78.3 cm³/mol. The van der Waals surface area contributed by atoms with E-state index in [1.807, 2.05) is 6.92 Å². The summed E-state index contributed by atoms with van der Waals surface area (Å²) in [4.78, 5) is 12.2. The molecule has 0 radical (unpaired) electrons. The molecule has 0 atom stereocenters. The van der Waals surface area contributed by atoms with Gasteiger partial charge in [0.25, 0.3) is 5.91 Å². The van der Waals surface area contributed by atoms with Gasteiger partial charge in [0.05, 0.1) is 5.69 Å². The topological polar surface area (TPSA) is 55.1 Å². The van der Waals surface area contributed by atoms with Gasteiger partial charge in [-0.2, -0.15) is 0 Å². The van der Waals surface area contributed by atoms with Gasteiger partial charge >= 0.3 is 0 Å². The second-order valence-electron chi connectivity index (χ2n) is 4.33. The number of aromatic nitrogens is 1. The first kappa shape index (κ1) is 14.9. The molecule has 0 saturated heterocycles. The third-order valence-electron chi connectivity index (χ3n) is 2.95. The van der Waals surface area contributed by atoms with E-state index in [1.54, 1.807) is 25.1 Å². The highest BCUT2D eigenvalue weighted by Crippen LogP contribution is 2.21. The van der Waals surface area contributed by atoms with Crippen LogP contribution < -0.4 is 5.32 Å². The summed E-state index contributed by atoms with van der Waals surface area (Å²) in [7, 11) is 0.